The molecule has 36 atom stereocenters. The van der Waals surface area contributed by atoms with Crippen molar-refractivity contribution >= 4 is 29.6 Å². The summed E-state index contributed by atoms with van der Waals surface area (Å²) in [6.45, 7) is -6.02. The lowest BCUT2D eigenvalue weighted by molar-refractivity contribution is -0.386. The van der Waals surface area contributed by atoms with Crippen LogP contribution in [0.25, 0.3) is 0 Å². The maximum Gasteiger partial charge on any atom is 0.364 e. The Kier molecular flexibility index (Phi) is 28.8. The fourth-order valence-corrected chi connectivity index (χ4v) is 12.2. The number of carbonyl (C=O) groups is 5. The Morgan fingerprint density at radius 1 is 0.443 bits per heavy atom. The number of amides is 4. The number of aliphatic hydroxyl groups is 21. The highest BCUT2D eigenvalue weighted by Crippen LogP contribution is 2.40. The summed E-state index contributed by atoms with van der Waals surface area (Å²) in [6.07, 6.45) is -66.0. The first-order chi connectivity index (χ1) is 45.7. The normalized spacial score (nSPS) is 45.7. The van der Waals surface area contributed by atoms with E-state index in [1.54, 1.807) is 0 Å². The quantitative estimate of drug-likeness (QED) is 0.0363. The summed E-state index contributed by atoms with van der Waals surface area (Å²) in [7, 11) is 0. The number of nitrogens with one attached hydrogen (secondary N) is 4. The van der Waals surface area contributed by atoms with Crippen molar-refractivity contribution in [1.82, 2.24) is 21.3 Å². The number of carbonyl (C=O) groups excluding carboxylic acids is 4. The molecule has 0 radical (unpaired) electrons. The summed E-state index contributed by atoms with van der Waals surface area (Å²) in [6, 6.07) is -7.40. The van der Waals surface area contributed by atoms with Gasteiger partial charge in [0.05, 0.1) is 58.4 Å². The number of hydrogen-bond donors (Lipinski definition) is 26. The molecule has 7 saturated heterocycles. The standard InChI is InChI=1S/C53H88N4O40/c1-13(65)54-26-34(76)40(93-51-39(81)45(32(74)20(8-61)88-51)97-53(52(83)84)4-16(68)25(57-24(70)11-64)43(96-53)29(71)17(69)5-58)21(9-62)89-47(26)85-12-23-33(75)44(38(80)50(91-23)94-42-28(56-15(3)67)46(82)86-19(7-60)31(42)73)95-48-27(55-14(2)66)35(77)41(22(10-63)90-48)92-49-37(79)36(78)30(72)18(6-59)87-49/h16-23,25-51,58-64,68-69,71-82H,4-12H2,1-3H3,(H,54,65)(H,55,66)(H,56,67)(H,57,70)(H,83,84)/t16-,17+,18+,19+,20+,21+,22+,23+,25+,26+,27+,28+,29+,30-,31-,32-,33-,34+,35+,36-,37+,38+,39+,40+,41+,42+,43+,44-,45-,46?,47+,48-,49-,50-,51-,53-/m0/s1. The highest BCUT2D eigenvalue weighted by molar-refractivity contribution is 5.78. The smallest absolute Gasteiger partial charge is 0.364 e. The summed E-state index contributed by atoms with van der Waals surface area (Å²) < 4.78 is 75.3. The molecule has 7 heterocycles. The van der Waals surface area contributed by atoms with Crippen molar-refractivity contribution in [3.05, 3.63) is 0 Å². The number of hydrogen-bond acceptors (Lipinski definition) is 39. The van der Waals surface area contributed by atoms with Gasteiger partial charge in [0.15, 0.2) is 37.7 Å². The maximum absolute atomic E-state index is 13.1. The first kappa shape index (κ1) is 80.3. The van der Waals surface area contributed by atoms with Gasteiger partial charge in [-0.1, -0.05) is 0 Å². The van der Waals surface area contributed by atoms with Gasteiger partial charge in [0.2, 0.25) is 23.6 Å². The molecule has 0 aromatic rings. The van der Waals surface area contributed by atoms with Crippen LogP contribution in [0.15, 0.2) is 0 Å². The van der Waals surface area contributed by atoms with E-state index >= 15 is 0 Å². The molecule has 44 nitrogen and oxygen atoms in total. The Bertz CT molecular complexity index is 2560. The van der Waals surface area contributed by atoms with E-state index in [1.807, 2.05) is 0 Å². The summed E-state index contributed by atoms with van der Waals surface area (Å²) in [4.78, 5) is 63.5. The van der Waals surface area contributed by atoms with Crippen molar-refractivity contribution in [3.63, 3.8) is 0 Å². The molecule has 26 N–H and O–H groups in total. The molecular weight excluding hydrogens is 1330 g/mol. The molecule has 4 amide bonds. The maximum atomic E-state index is 13.1. The molecule has 44 heteroatoms. The topological polar surface area (TPSA) is 699 Å². The second-order valence-corrected chi connectivity index (χ2v) is 24.0. The van der Waals surface area contributed by atoms with Gasteiger partial charge in [-0.25, -0.2) is 4.79 Å². The molecule has 0 aliphatic carbocycles. The molecule has 7 rings (SSSR count). The van der Waals surface area contributed by atoms with Crippen LogP contribution in [0.4, 0.5) is 0 Å². The van der Waals surface area contributed by atoms with Crippen LogP contribution in [-0.4, -0.2) is 415 Å². The van der Waals surface area contributed by atoms with E-state index in [9.17, 15) is 136 Å². The molecule has 7 aliphatic heterocycles. The minimum absolute atomic E-state index is 0.849. The molecule has 7 fully saturated rings. The summed E-state index contributed by atoms with van der Waals surface area (Å²) in [5.41, 5.74) is 0. The van der Waals surface area contributed by atoms with Crippen LogP contribution in [0.3, 0.4) is 0 Å². The van der Waals surface area contributed by atoms with Gasteiger partial charge >= 0.3 is 5.97 Å². The molecule has 0 spiro atoms. The third kappa shape index (κ3) is 17.9. The van der Waals surface area contributed by atoms with Crippen molar-refractivity contribution in [1.29, 1.82) is 0 Å². The van der Waals surface area contributed by atoms with E-state index in [1.165, 1.54) is 0 Å². The van der Waals surface area contributed by atoms with Crippen LogP contribution in [0.5, 0.6) is 0 Å². The third-order valence-electron chi connectivity index (χ3n) is 17.2. The van der Waals surface area contributed by atoms with E-state index in [0.717, 1.165) is 20.8 Å². The van der Waals surface area contributed by atoms with Crippen molar-refractivity contribution in [3.8, 4) is 0 Å². The zero-order valence-corrected chi connectivity index (χ0v) is 51.8. The lowest BCUT2D eigenvalue weighted by atomic mass is 9.88. The van der Waals surface area contributed by atoms with E-state index < -0.39 is 309 Å². The summed E-state index contributed by atoms with van der Waals surface area (Å²) in [5, 5.41) is 248. The third-order valence-corrected chi connectivity index (χ3v) is 17.2. The van der Waals surface area contributed by atoms with Gasteiger partial charge in [0.25, 0.3) is 5.79 Å². The Morgan fingerprint density at radius 2 is 0.866 bits per heavy atom. The number of rotatable bonds is 27. The Balaban J connectivity index is 1.17. The Labute approximate surface area is 548 Å². The van der Waals surface area contributed by atoms with E-state index in [-0.39, 0.29) is 0 Å². The SMILES string of the molecule is CC(=O)N[C@H]1[C@H](O[C@H]2[C@@H](O)[C@@H](CO[C@@H]3O[C@H](CO)[C@@H](O[C@@H]4O[C@H](CO)[C@H](O)[C@H](O[C@]5(C(=O)O)C[C@H](O)[C@@H](NC(=O)CO)[C@H]([C@H](O)[C@H](O)CO)O5)[C@H]4O)[C@H](O)[C@H]3NC(C)=O)O[C@@H](O[C@H]3[C@@H](O)[C@@H](CO)OC(O)[C@@H]3NC(C)=O)[C@@H]2O)O[C@H](CO)[C@@H](O[C@@H]2O[C@H](CO)[C@H](O)[C@H](O)[C@H]2O)[C@@H]1O. The van der Waals surface area contributed by atoms with E-state index in [2.05, 4.69) is 21.3 Å². The van der Waals surface area contributed by atoms with E-state index in [0.29, 0.717) is 0 Å². The fourth-order valence-electron chi connectivity index (χ4n) is 12.2. The van der Waals surface area contributed by atoms with Crippen molar-refractivity contribution in [2.45, 2.75) is 247 Å². The lowest BCUT2D eigenvalue weighted by Gasteiger charge is -2.51. The molecule has 1 unspecified atom stereocenters. The first-order valence-corrected chi connectivity index (χ1v) is 30.4. The molecule has 7 aliphatic rings. The van der Waals surface area contributed by atoms with Crippen LogP contribution in [0, 0.1) is 0 Å². The second kappa shape index (κ2) is 34.8. The number of aliphatic hydroxyl groups excluding tert-OH is 21. The van der Waals surface area contributed by atoms with Crippen molar-refractivity contribution in [2.24, 2.45) is 0 Å². The zero-order chi connectivity index (χ0) is 72.0. The van der Waals surface area contributed by atoms with Crippen LogP contribution in [0.1, 0.15) is 27.2 Å². The zero-order valence-electron chi connectivity index (χ0n) is 51.8. The van der Waals surface area contributed by atoms with Crippen LogP contribution in [-0.2, 0) is 85.6 Å². The predicted octanol–water partition coefficient (Wildman–Crippen LogP) is -17.5. The number of aliphatic carboxylic acids is 1. The van der Waals surface area contributed by atoms with Gasteiger partial charge in [-0.2, -0.15) is 0 Å². The summed E-state index contributed by atoms with van der Waals surface area (Å²) in [5.74, 6) is -9.38. The van der Waals surface area contributed by atoms with Crippen LogP contribution in [0.2, 0.25) is 0 Å². The van der Waals surface area contributed by atoms with Gasteiger partial charge < -0.3 is 195 Å². The van der Waals surface area contributed by atoms with Gasteiger partial charge in [-0.3, -0.25) is 19.2 Å². The molecule has 0 bridgehead atoms. The fraction of sp³-hybridized carbons (Fsp3) is 0.906. The first-order valence-electron chi connectivity index (χ1n) is 30.4. The highest BCUT2D eigenvalue weighted by Gasteiger charge is 2.62. The predicted molar refractivity (Wildman–Crippen MR) is 297 cm³/mol. The average Bonchev–Trinajstić information content (AvgIpc) is 0.727. The van der Waals surface area contributed by atoms with Crippen molar-refractivity contribution in [2.75, 3.05) is 52.9 Å². The van der Waals surface area contributed by atoms with Gasteiger partial charge in [-0.15, -0.1) is 0 Å². The molecular formula is C53H88N4O40. The summed E-state index contributed by atoms with van der Waals surface area (Å²) >= 11 is 0. The van der Waals surface area contributed by atoms with Gasteiger partial charge in [0.1, 0.15) is 171 Å². The molecule has 0 aromatic carbocycles. The Morgan fingerprint density at radius 3 is 1.37 bits per heavy atom. The highest BCUT2D eigenvalue weighted by atomic mass is 16.8. The minimum atomic E-state index is -3.30. The van der Waals surface area contributed by atoms with Gasteiger partial charge in [-0.05, 0) is 0 Å². The monoisotopic (exact) mass is 1420 g/mol. The number of ether oxygens (including phenoxy) is 13. The minimum Gasteiger partial charge on any atom is -0.477 e. The van der Waals surface area contributed by atoms with E-state index in [4.69, 9.17) is 61.6 Å². The average molecular weight is 1420 g/mol. The molecule has 560 valence electrons. The molecule has 97 heavy (non-hydrogen) atoms. The largest absolute Gasteiger partial charge is 0.477 e. The van der Waals surface area contributed by atoms with Crippen LogP contribution >= 0.6 is 0 Å². The van der Waals surface area contributed by atoms with Crippen LogP contribution < -0.4 is 21.3 Å². The number of carboxylic acids is 1. The molecule has 0 aromatic heterocycles. The van der Waals surface area contributed by atoms with Crippen molar-refractivity contribution < 1.29 is 198 Å². The number of carboxylic acid groups (broad SMARTS) is 1. The molecule has 0 saturated carbocycles. The van der Waals surface area contributed by atoms with Gasteiger partial charge in [0, 0.05) is 27.2 Å². The Hall–Kier alpha value is -4.01. The lowest BCUT2D eigenvalue weighted by Crippen LogP contribution is -2.71. The second-order valence-electron chi connectivity index (χ2n) is 24.0.